The van der Waals surface area contributed by atoms with Crippen LogP contribution in [-0.4, -0.2) is 7.05 Å². The van der Waals surface area contributed by atoms with Crippen LogP contribution >= 0.6 is 15.9 Å². The average molecular weight is 332 g/mol. The number of fused-ring (bicyclic) bond motifs is 1. The first-order chi connectivity index (χ1) is 9.76. The Kier molecular flexibility index (Phi) is 4.42. The predicted octanol–water partition coefficient (Wildman–Crippen LogP) is 5.44. The van der Waals surface area contributed by atoms with Crippen molar-refractivity contribution in [2.45, 2.75) is 38.1 Å². The number of nitrogens with one attached hydrogen (secondary N) is 1. The summed E-state index contributed by atoms with van der Waals surface area (Å²) >= 11 is 3.54. The second kappa shape index (κ2) is 6.28. The minimum Gasteiger partial charge on any atom is -0.313 e. The molecule has 1 nitrogen and oxygen atoms in total. The molecule has 106 valence electrons. The molecule has 2 aromatic rings. The van der Waals surface area contributed by atoms with Gasteiger partial charge in [-0.15, -0.1) is 0 Å². The fraction of sp³-hybridized carbons (Fsp3) is 0.444. The molecule has 0 heterocycles. The van der Waals surface area contributed by atoms with Gasteiger partial charge in [0.25, 0.3) is 0 Å². The first-order valence-corrected chi connectivity index (χ1v) is 8.42. The summed E-state index contributed by atoms with van der Waals surface area (Å²) in [5, 5.41) is 6.15. The van der Waals surface area contributed by atoms with Crippen LogP contribution in [0.5, 0.6) is 0 Å². The number of halogens is 1. The highest BCUT2D eigenvalue weighted by Gasteiger charge is 2.20. The molecular weight excluding hydrogens is 310 g/mol. The van der Waals surface area contributed by atoms with Gasteiger partial charge in [-0.25, -0.2) is 0 Å². The van der Waals surface area contributed by atoms with Gasteiger partial charge in [0, 0.05) is 10.5 Å². The van der Waals surface area contributed by atoms with Crippen LogP contribution < -0.4 is 5.32 Å². The lowest BCUT2D eigenvalue weighted by molar-refractivity contribution is 0.413. The summed E-state index contributed by atoms with van der Waals surface area (Å²) in [4.78, 5) is 0. The van der Waals surface area contributed by atoms with Gasteiger partial charge in [0.2, 0.25) is 0 Å². The molecule has 0 radical (unpaired) electrons. The Morgan fingerprint density at radius 3 is 2.55 bits per heavy atom. The molecule has 3 rings (SSSR count). The zero-order valence-electron chi connectivity index (χ0n) is 12.0. The molecule has 20 heavy (non-hydrogen) atoms. The second-order valence-corrected chi connectivity index (χ2v) is 6.89. The van der Waals surface area contributed by atoms with E-state index in [-0.39, 0.29) is 0 Å². The lowest BCUT2D eigenvalue weighted by Gasteiger charge is -2.21. The Morgan fingerprint density at radius 1 is 1.10 bits per heavy atom. The highest BCUT2D eigenvalue weighted by molar-refractivity contribution is 9.10. The van der Waals surface area contributed by atoms with Crippen molar-refractivity contribution in [3.05, 3.63) is 46.4 Å². The molecule has 0 bridgehead atoms. The molecule has 0 spiro atoms. The Bertz CT molecular complexity index is 587. The van der Waals surface area contributed by atoms with Crippen LogP contribution in [0.15, 0.2) is 40.9 Å². The van der Waals surface area contributed by atoms with Crippen molar-refractivity contribution >= 4 is 26.7 Å². The largest absolute Gasteiger partial charge is 0.313 e. The standard InChI is InChI=1S/C18H22BrN/c1-20-18(10-13-4-2-3-5-13)16-7-6-15-12-17(19)9-8-14(15)11-16/h6-9,11-13,18,20H,2-5,10H2,1H3. The fourth-order valence-corrected chi connectivity index (χ4v) is 3.83. The molecule has 0 aromatic heterocycles. The molecule has 1 unspecified atom stereocenters. The van der Waals surface area contributed by atoms with Crippen LogP contribution in [0.4, 0.5) is 0 Å². The highest BCUT2D eigenvalue weighted by Crippen LogP contribution is 2.33. The van der Waals surface area contributed by atoms with E-state index in [4.69, 9.17) is 0 Å². The lowest BCUT2D eigenvalue weighted by atomic mass is 9.92. The zero-order chi connectivity index (χ0) is 13.9. The molecule has 1 fully saturated rings. The molecule has 1 aliphatic carbocycles. The number of hydrogen-bond acceptors (Lipinski definition) is 1. The highest BCUT2D eigenvalue weighted by atomic mass is 79.9. The quantitative estimate of drug-likeness (QED) is 0.786. The maximum atomic E-state index is 3.54. The first-order valence-electron chi connectivity index (χ1n) is 7.63. The van der Waals surface area contributed by atoms with Crippen molar-refractivity contribution in [1.29, 1.82) is 0 Å². The van der Waals surface area contributed by atoms with E-state index in [9.17, 15) is 0 Å². The van der Waals surface area contributed by atoms with E-state index in [2.05, 4.69) is 64.7 Å². The number of rotatable bonds is 4. The Hall–Kier alpha value is -0.860. The van der Waals surface area contributed by atoms with Crippen LogP contribution in [0.25, 0.3) is 10.8 Å². The van der Waals surface area contributed by atoms with Crippen LogP contribution in [0, 0.1) is 5.92 Å². The smallest absolute Gasteiger partial charge is 0.0320 e. The summed E-state index contributed by atoms with van der Waals surface area (Å²) in [7, 11) is 2.09. The van der Waals surface area contributed by atoms with Crippen molar-refractivity contribution in [3.63, 3.8) is 0 Å². The SMILES string of the molecule is CNC(CC1CCCC1)c1ccc2cc(Br)ccc2c1. The summed E-state index contributed by atoms with van der Waals surface area (Å²) in [6.45, 7) is 0. The maximum Gasteiger partial charge on any atom is 0.0320 e. The topological polar surface area (TPSA) is 12.0 Å². The van der Waals surface area contributed by atoms with Crippen molar-refractivity contribution < 1.29 is 0 Å². The Balaban J connectivity index is 1.85. The third kappa shape index (κ3) is 3.07. The molecule has 1 saturated carbocycles. The lowest BCUT2D eigenvalue weighted by Crippen LogP contribution is -2.19. The van der Waals surface area contributed by atoms with Gasteiger partial charge in [0.1, 0.15) is 0 Å². The number of hydrogen-bond donors (Lipinski definition) is 1. The molecule has 2 aromatic carbocycles. The van der Waals surface area contributed by atoms with E-state index in [1.54, 1.807) is 0 Å². The van der Waals surface area contributed by atoms with Gasteiger partial charge in [-0.2, -0.15) is 0 Å². The van der Waals surface area contributed by atoms with Gasteiger partial charge in [-0.3, -0.25) is 0 Å². The normalized spacial score (nSPS) is 17.7. The third-order valence-corrected chi connectivity index (χ3v) is 5.11. The van der Waals surface area contributed by atoms with E-state index in [1.807, 2.05) is 0 Å². The molecule has 1 atom stereocenters. The first kappa shape index (κ1) is 14.1. The van der Waals surface area contributed by atoms with Gasteiger partial charge < -0.3 is 5.32 Å². The zero-order valence-corrected chi connectivity index (χ0v) is 13.6. The predicted molar refractivity (Wildman–Crippen MR) is 90.0 cm³/mol. The van der Waals surface area contributed by atoms with E-state index in [0.29, 0.717) is 6.04 Å². The third-order valence-electron chi connectivity index (χ3n) is 4.62. The van der Waals surface area contributed by atoms with Crippen LogP contribution in [0.1, 0.15) is 43.7 Å². The minimum absolute atomic E-state index is 0.492. The van der Waals surface area contributed by atoms with E-state index in [0.717, 1.165) is 10.4 Å². The van der Waals surface area contributed by atoms with E-state index >= 15 is 0 Å². The molecule has 0 saturated heterocycles. The van der Waals surface area contributed by atoms with Gasteiger partial charge >= 0.3 is 0 Å². The fourth-order valence-electron chi connectivity index (χ4n) is 3.45. The van der Waals surface area contributed by atoms with Crippen LogP contribution in [0.2, 0.25) is 0 Å². The molecular formula is C18H22BrN. The number of benzene rings is 2. The van der Waals surface area contributed by atoms with Crippen molar-refractivity contribution in [3.8, 4) is 0 Å². The van der Waals surface area contributed by atoms with Gasteiger partial charge in [-0.1, -0.05) is 59.8 Å². The summed E-state index contributed by atoms with van der Waals surface area (Å²) in [5.74, 6) is 0.910. The summed E-state index contributed by atoms with van der Waals surface area (Å²) in [6, 6.07) is 13.9. The molecule has 1 aliphatic rings. The monoisotopic (exact) mass is 331 g/mol. The Labute approximate surface area is 129 Å². The minimum atomic E-state index is 0.492. The van der Waals surface area contributed by atoms with Crippen LogP contribution in [0.3, 0.4) is 0 Å². The summed E-state index contributed by atoms with van der Waals surface area (Å²) in [6.07, 6.45) is 6.95. The van der Waals surface area contributed by atoms with Gasteiger partial charge in [-0.05, 0) is 53.9 Å². The van der Waals surface area contributed by atoms with Crippen molar-refractivity contribution in [1.82, 2.24) is 5.32 Å². The van der Waals surface area contributed by atoms with E-state index in [1.165, 1.54) is 48.4 Å². The van der Waals surface area contributed by atoms with Gasteiger partial charge in [0.15, 0.2) is 0 Å². The summed E-state index contributed by atoms with van der Waals surface area (Å²) in [5.41, 5.74) is 1.43. The average Bonchev–Trinajstić information content (AvgIpc) is 2.97. The Morgan fingerprint density at radius 2 is 1.80 bits per heavy atom. The molecule has 2 heteroatoms. The van der Waals surface area contributed by atoms with Crippen molar-refractivity contribution in [2.24, 2.45) is 5.92 Å². The second-order valence-electron chi connectivity index (χ2n) is 5.98. The maximum absolute atomic E-state index is 3.54. The molecule has 1 N–H and O–H groups in total. The van der Waals surface area contributed by atoms with Crippen molar-refractivity contribution in [2.75, 3.05) is 7.05 Å². The van der Waals surface area contributed by atoms with Gasteiger partial charge in [0.05, 0.1) is 0 Å². The van der Waals surface area contributed by atoms with E-state index < -0.39 is 0 Å². The summed E-state index contributed by atoms with van der Waals surface area (Å²) < 4.78 is 1.15. The molecule has 0 aliphatic heterocycles. The van der Waals surface area contributed by atoms with Crippen LogP contribution in [-0.2, 0) is 0 Å². The molecule has 0 amide bonds.